The minimum Gasteiger partial charge on any atom is -0.377 e. The maximum atomic E-state index is 5.67. The van der Waals surface area contributed by atoms with Crippen LogP contribution < -0.4 is 5.32 Å². The Hall–Kier alpha value is -0.120. The van der Waals surface area contributed by atoms with Crippen LogP contribution in [0.15, 0.2) is 0 Å². The minimum atomic E-state index is 0.373. The maximum Gasteiger partial charge on any atom is 0.0809 e. The van der Waals surface area contributed by atoms with Crippen LogP contribution in [0.5, 0.6) is 0 Å². The lowest BCUT2D eigenvalue weighted by Crippen LogP contribution is -2.36. The number of nitrogens with one attached hydrogen (secondary N) is 1. The molecule has 1 saturated heterocycles. The number of fused-ring (bicyclic) bond motifs is 2. The van der Waals surface area contributed by atoms with Gasteiger partial charge in [-0.15, -0.1) is 0 Å². The van der Waals surface area contributed by atoms with E-state index in [0.717, 1.165) is 44.2 Å². The van der Waals surface area contributed by atoms with E-state index in [4.69, 9.17) is 9.47 Å². The molecule has 0 amide bonds. The molecule has 0 radical (unpaired) electrons. The fourth-order valence-electron chi connectivity index (χ4n) is 3.80. The van der Waals surface area contributed by atoms with Crippen molar-refractivity contribution in [3.8, 4) is 0 Å². The monoisotopic (exact) mass is 239 g/mol. The molecule has 3 aliphatic rings. The lowest BCUT2D eigenvalue weighted by Gasteiger charge is -2.23. The Morgan fingerprint density at radius 1 is 1.18 bits per heavy atom. The van der Waals surface area contributed by atoms with Crippen LogP contribution in [0.1, 0.15) is 38.5 Å². The van der Waals surface area contributed by atoms with Gasteiger partial charge in [0.1, 0.15) is 0 Å². The van der Waals surface area contributed by atoms with E-state index < -0.39 is 0 Å². The summed E-state index contributed by atoms with van der Waals surface area (Å²) in [6.07, 6.45) is 8.59. The van der Waals surface area contributed by atoms with Gasteiger partial charge in [-0.3, -0.25) is 0 Å². The first-order valence-corrected chi connectivity index (χ1v) is 7.34. The Labute approximate surface area is 104 Å². The fourth-order valence-corrected chi connectivity index (χ4v) is 3.80. The van der Waals surface area contributed by atoms with Crippen LogP contribution in [0.3, 0.4) is 0 Å². The second-order valence-corrected chi connectivity index (χ2v) is 5.95. The maximum absolute atomic E-state index is 5.67. The summed E-state index contributed by atoms with van der Waals surface area (Å²) < 4.78 is 11.2. The molecule has 0 spiro atoms. The lowest BCUT2D eigenvalue weighted by molar-refractivity contribution is 0.0175. The predicted molar refractivity (Wildman–Crippen MR) is 67.0 cm³/mol. The van der Waals surface area contributed by atoms with Crippen molar-refractivity contribution >= 4 is 0 Å². The molecule has 0 aromatic carbocycles. The third-order valence-corrected chi connectivity index (χ3v) is 4.72. The van der Waals surface area contributed by atoms with Gasteiger partial charge in [0.15, 0.2) is 0 Å². The molecule has 1 heterocycles. The molecule has 2 bridgehead atoms. The van der Waals surface area contributed by atoms with Crippen molar-refractivity contribution in [2.45, 2.75) is 50.7 Å². The Balaban J connectivity index is 1.23. The smallest absolute Gasteiger partial charge is 0.0809 e. The highest BCUT2D eigenvalue weighted by Gasteiger charge is 2.38. The number of hydrogen-bond donors (Lipinski definition) is 1. The van der Waals surface area contributed by atoms with Gasteiger partial charge in [0.25, 0.3) is 0 Å². The Kier molecular flexibility index (Phi) is 3.99. The summed E-state index contributed by atoms with van der Waals surface area (Å²) in [4.78, 5) is 0. The minimum absolute atomic E-state index is 0.373. The largest absolute Gasteiger partial charge is 0.377 e. The third kappa shape index (κ3) is 3.01. The highest BCUT2D eigenvalue weighted by Crippen LogP contribution is 2.44. The van der Waals surface area contributed by atoms with Gasteiger partial charge in [-0.05, 0) is 43.9 Å². The van der Waals surface area contributed by atoms with Crippen LogP contribution in [-0.4, -0.2) is 38.5 Å². The highest BCUT2D eigenvalue weighted by atomic mass is 16.5. The fraction of sp³-hybridized carbons (Fsp3) is 1.00. The van der Waals surface area contributed by atoms with Crippen molar-refractivity contribution in [3.63, 3.8) is 0 Å². The first-order chi connectivity index (χ1) is 8.42. The predicted octanol–water partition coefficient (Wildman–Crippen LogP) is 1.96. The summed E-state index contributed by atoms with van der Waals surface area (Å²) in [5, 5.41) is 3.67. The topological polar surface area (TPSA) is 30.5 Å². The van der Waals surface area contributed by atoms with Gasteiger partial charge in [-0.25, -0.2) is 0 Å². The number of rotatable bonds is 6. The summed E-state index contributed by atoms with van der Waals surface area (Å²) in [7, 11) is 0. The summed E-state index contributed by atoms with van der Waals surface area (Å²) in [5.41, 5.74) is 0. The Morgan fingerprint density at radius 3 is 2.88 bits per heavy atom. The van der Waals surface area contributed by atoms with E-state index in [-0.39, 0.29) is 0 Å². The average molecular weight is 239 g/mol. The first-order valence-electron chi connectivity index (χ1n) is 7.34. The second-order valence-electron chi connectivity index (χ2n) is 5.95. The van der Waals surface area contributed by atoms with Crippen molar-refractivity contribution < 1.29 is 9.47 Å². The molecule has 4 atom stereocenters. The zero-order valence-corrected chi connectivity index (χ0v) is 10.7. The molecule has 17 heavy (non-hydrogen) atoms. The molecule has 0 aromatic rings. The van der Waals surface area contributed by atoms with Crippen LogP contribution in [-0.2, 0) is 9.47 Å². The Bertz CT molecular complexity index is 240. The van der Waals surface area contributed by atoms with E-state index in [1.54, 1.807) is 0 Å². The molecular formula is C14H25NO2. The Morgan fingerprint density at radius 2 is 2.18 bits per heavy atom. The molecule has 3 nitrogen and oxygen atoms in total. The summed E-state index contributed by atoms with van der Waals surface area (Å²) in [5.74, 6) is 2.00. The van der Waals surface area contributed by atoms with E-state index in [9.17, 15) is 0 Å². The third-order valence-electron chi connectivity index (χ3n) is 4.72. The van der Waals surface area contributed by atoms with E-state index >= 15 is 0 Å². The molecule has 98 valence electrons. The normalized spacial score (nSPS) is 40.2. The van der Waals surface area contributed by atoms with Gasteiger partial charge in [0.2, 0.25) is 0 Å². The number of ether oxygens (including phenoxy) is 2. The highest BCUT2D eigenvalue weighted by molar-refractivity contribution is 4.93. The van der Waals surface area contributed by atoms with Crippen LogP contribution in [0.2, 0.25) is 0 Å². The van der Waals surface area contributed by atoms with Crippen LogP contribution in [0.4, 0.5) is 0 Å². The molecule has 3 heteroatoms. The molecule has 2 saturated carbocycles. The van der Waals surface area contributed by atoms with Gasteiger partial charge in [-0.1, -0.05) is 6.42 Å². The lowest BCUT2D eigenvalue weighted by atomic mass is 9.95. The molecule has 3 fully saturated rings. The second kappa shape index (κ2) is 5.68. The van der Waals surface area contributed by atoms with Crippen LogP contribution in [0, 0.1) is 11.8 Å². The van der Waals surface area contributed by atoms with Gasteiger partial charge in [-0.2, -0.15) is 0 Å². The van der Waals surface area contributed by atoms with Crippen LogP contribution >= 0.6 is 0 Å². The van der Waals surface area contributed by atoms with Crippen molar-refractivity contribution in [2.24, 2.45) is 11.8 Å². The summed E-state index contributed by atoms with van der Waals surface area (Å²) >= 11 is 0. The number of hydrogen-bond acceptors (Lipinski definition) is 3. The van der Waals surface area contributed by atoms with Crippen molar-refractivity contribution in [3.05, 3.63) is 0 Å². The summed E-state index contributed by atoms with van der Waals surface area (Å²) in [6, 6.07) is 0.792. The standard InChI is InChI=1S/C14H25NO2/c1-2-13(17-6-1)10-16-7-5-15-14-9-11-3-4-12(14)8-11/h11-15H,1-10H2. The van der Waals surface area contributed by atoms with E-state index in [0.29, 0.717) is 6.10 Å². The molecule has 1 N–H and O–H groups in total. The zero-order chi connectivity index (χ0) is 11.5. The van der Waals surface area contributed by atoms with Crippen molar-refractivity contribution in [1.82, 2.24) is 5.32 Å². The van der Waals surface area contributed by atoms with Gasteiger partial charge < -0.3 is 14.8 Å². The zero-order valence-electron chi connectivity index (χ0n) is 10.7. The van der Waals surface area contributed by atoms with Crippen LogP contribution in [0.25, 0.3) is 0 Å². The van der Waals surface area contributed by atoms with E-state index in [1.165, 1.54) is 38.5 Å². The van der Waals surface area contributed by atoms with E-state index in [1.807, 2.05) is 0 Å². The SMILES string of the molecule is C1COC(COCCNC2CC3CCC2C3)C1. The quantitative estimate of drug-likeness (QED) is 0.719. The van der Waals surface area contributed by atoms with Crippen molar-refractivity contribution in [2.75, 3.05) is 26.4 Å². The molecule has 3 rings (SSSR count). The molecule has 0 aromatic heterocycles. The molecular weight excluding hydrogens is 214 g/mol. The average Bonchev–Trinajstić information content (AvgIpc) is 3.05. The molecule has 1 aliphatic heterocycles. The molecule has 2 aliphatic carbocycles. The van der Waals surface area contributed by atoms with Gasteiger partial charge in [0, 0.05) is 19.2 Å². The van der Waals surface area contributed by atoms with Crippen molar-refractivity contribution in [1.29, 1.82) is 0 Å². The molecule has 4 unspecified atom stereocenters. The van der Waals surface area contributed by atoms with Gasteiger partial charge in [0.05, 0.1) is 19.3 Å². The van der Waals surface area contributed by atoms with Gasteiger partial charge >= 0.3 is 0 Å². The summed E-state index contributed by atoms with van der Waals surface area (Å²) in [6.45, 7) is 3.57. The first kappa shape index (κ1) is 11.9. The van der Waals surface area contributed by atoms with E-state index in [2.05, 4.69) is 5.32 Å².